The fourth-order valence-electron chi connectivity index (χ4n) is 2.49. The fraction of sp³-hybridized carbons (Fsp3) is 1.00. The molecule has 76 valence electrons. The molecule has 2 N–H and O–H groups in total. The minimum atomic E-state index is -0.717. The van der Waals surface area contributed by atoms with Gasteiger partial charge in [0, 0.05) is 5.54 Å². The molecule has 1 nitrogen and oxygen atoms in total. The minimum Gasteiger partial charge on any atom is -0.323 e. The first-order valence-corrected chi connectivity index (χ1v) is 5.65. The molecule has 2 aliphatic carbocycles. The van der Waals surface area contributed by atoms with Gasteiger partial charge in [-0.15, -0.1) is 0 Å². The largest absolute Gasteiger partial charge is 0.323 e. The molecule has 13 heavy (non-hydrogen) atoms. The Labute approximate surface area is 79.9 Å². The third kappa shape index (κ3) is 2.04. The third-order valence-corrected chi connectivity index (χ3v) is 3.69. The molecule has 0 aromatic rings. The molecule has 0 saturated heterocycles. The first kappa shape index (κ1) is 9.45. The third-order valence-electron chi connectivity index (χ3n) is 3.69. The van der Waals surface area contributed by atoms with E-state index >= 15 is 0 Å². The van der Waals surface area contributed by atoms with Gasteiger partial charge in [-0.05, 0) is 31.6 Å². The molecule has 2 heteroatoms. The minimum absolute atomic E-state index is 0.273. The molecule has 2 aliphatic rings. The number of rotatable bonds is 2. The highest BCUT2D eigenvalue weighted by Gasteiger charge is 2.49. The van der Waals surface area contributed by atoms with Gasteiger partial charge in [0.1, 0.15) is 6.17 Å². The van der Waals surface area contributed by atoms with E-state index in [0.29, 0.717) is 0 Å². The normalized spacial score (nSPS) is 30.9. The molecular formula is C11H20FN. The zero-order chi connectivity index (χ0) is 9.31. The van der Waals surface area contributed by atoms with Crippen LogP contribution >= 0.6 is 0 Å². The van der Waals surface area contributed by atoms with Crippen LogP contribution in [0.4, 0.5) is 4.39 Å². The van der Waals surface area contributed by atoms with Crippen LogP contribution in [0.3, 0.4) is 0 Å². The summed E-state index contributed by atoms with van der Waals surface area (Å²) >= 11 is 0. The van der Waals surface area contributed by atoms with E-state index in [1.807, 2.05) is 0 Å². The average Bonchev–Trinajstić information content (AvgIpc) is 2.88. The van der Waals surface area contributed by atoms with Crippen LogP contribution in [0.1, 0.15) is 51.4 Å². The second kappa shape index (κ2) is 3.56. The smallest absolute Gasteiger partial charge is 0.121 e. The van der Waals surface area contributed by atoms with Crippen molar-refractivity contribution in [1.82, 2.24) is 0 Å². The van der Waals surface area contributed by atoms with Gasteiger partial charge in [-0.3, -0.25) is 0 Å². The number of nitrogens with two attached hydrogens (primary N) is 1. The van der Waals surface area contributed by atoms with Crippen LogP contribution in [0.2, 0.25) is 0 Å². The van der Waals surface area contributed by atoms with E-state index in [4.69, 9.17) is 5.73 Å². The van der Waals surface area contributed by atoms with E-state index < -0.39 is 11.7 Å². The molecular weight excluding hydrogens is 165 g/mol. The number of hydrogen-bond acceptors (Lipinski definition) is 1. The van der Waals surface area contributed by atoms with Gasteiger partial charge in [0.2, 0.25) is 0 Å². The summed E-state index contributed by atoms with van der Waals surface area (Å²) in [7, 11) is 0. The second-order valence-electron chi connectivity index (χ2n) is 4.89. The van der Waals surface area contributed by atoms with E-state index in [1.165, 1.54) is 25.7 Å². The van der Waals surface area contributed by atoms with Gasteiger partial charge in [-0.2, -0.15) is 0 Å². The predicted molar refractivity (Wildman–Crippen MR) is 52.2 cm³/mol. The van der Waals surface area contributed by atoms with Crippen molar-refractivity contribution in [2.24, 2.45) is 11.7 Å². The number of halogens is 1. The number of alkyl halides is 1. The van der Waals surface area contributed by atoms with Gasteiger partial charge in [0.15, 0.2) is 0 Å². The van der Waals surface area contributed by atoms with Crippen LogP contribution in [0, 0.1) is 5.92 Å². The summed E-state index contributed by atoms with van der Waals surface area (Å²) in [6.45, 7) is 0. The molecule has 2 fully saturated rings. The van der Waals surface area contributed by atoms with E-state index in [9.17, 15) is 4.39 Å². The quantitative estimate of drug-likeness (QED) is 0.658. The van der Waals surface area contributed by atoms with Gasteiger partial charge in [-0.1, -0.05) is 25.7 Å². The maximum absolute atomic E-state index is 13.9. The summed E-state index contributed by atoms with van der Waals surface area (Å²) in [5.41, 5.74) is 5.49. The lowest BCUT2D eigenvalue weighted by atomic mass is 9.89. The number of hydrogen-bond donors (Lipinski definition) is 1. The van der Waals surface area contributed by atoms with Crippen molar-refractivity contribution in [3.63, 3.8) is 0 Å². The average molecular weight is 185 g/mol. The van der Waals surface area contributed by atoms with E-state index in [2.05, 4.69) is 0 Å². The van der Waals surface area contributed by atoms with Crippen molar-refractivity contribution in [2.75, 3.05) is 0 Å². The molecule has 0 spiro atoms. The van der Waals surface area contributed by atoms with Crippen molar-refractivity contribution in [3.8, 4) is 0 Å². The topological polar surface area (TPSA) is 26.0 Å². The van der Waals surface area contributed by atoms with E-state index in [0.717, 1.165) is 25.7 Å². The molecule has 0 bridgehead atoms. The van der Waals surface area contributed by atoms with Crippen LogP contribution in [0.15, 0.2) is 0 Å². The highest BCUT2D eigenvalue weighted by molar-refractivity contribution is 5.06. The van der Waals surface area contributed by atoms with Crippen LogP contribution in [0.25, 0.3) is 0 Å². The first-order valence-electron chi connectivity index (χ1n) is 5.65. The summed E-state index contributed by atoms with van der Waals surface area (Å²) in [5.74, 6) is 0.273. The Balaban J connectivity index is 1.90. The maximum atomic E-state index is 13.9. The molecule has 0 radical (unpaired) electrons. The molecule has 0 aliphatic heterocycles. The zero-order valence-corrected chi connectivity index (χ0v) is 8.27. The maximum Gasteiger partial charge on any atom is 0.121 e. The van der Waals surface area contributed by atoms with Crippen molar-refractivity contribution in [2.45, 2.75) is 63.1 Å². The highest BCUT2D eigenvalue weighted by Crippen LogP contribution is 2.43. The molecule has 1 unspecified atom stereocenters. The summed E-state index contributed by atoms with van der Waals surface area (Å²) in [5, 5.41) is 0. The van der Waals surface area contributed by atoms with Gasteiger partial charge in [-0.25, -0.2) is 4.39 Å². The summed E-state index contributed by atoms with van der Waals surface area (Å²) in [4.78, 5) is 0. The van der Waals surface area contributed by atoms with Crippen LogP contribution in [-0.4, -0.2) is 11.7 Å². The van der Waals surface area contributed by atoms with Crippen molar-refractivity contribution in [1.29, 1.82) is 0 Å². The summed E-state index contributed by atoms with van der Waals surface area (Å²) < 4.78 is 13.9. The Morgan fingerprint density at radius 2 is 1.62 bits per heavy atom. The van der Waals surface area contributed by atoms with Crippen molar-refractivity contribution >= 4 is 0 Å². The Hall–Kier alpha value is -0.110. The Kier molecular flexibility index (Phi) is 2.59. The Morgan fingerprint density at radius 1 is 1.08 bits per heavy atom. The van der Waals surface area contributed by atoms with E-state index in [-0.39, 0.29) is 5.92 Å². The lowest BCUT2D eigenvalue weighted by Gasteiger charge is -2.24. The molecule has 2 saturated carbocycles. The monoisotopic (exact) mass is 185 g/mol. The predicted octanol–water partition coefficient (Wildman–Crippen LogP) is 2.79. The first-order chi connectivity index (χ1) is 6.22. The van der Waals surface area contributed by atoms with Crippen LogP contribution < -0.4 is 5.73 Å². The second-order valence-corrected chi connectivity index (χ2v) is 4.89. The standard InChI is InChI=1S/C11H20FN/c12-10(11(13)7-8-11)9-5-3-1-2-4-6-9/h9-10H,1-8,13H2. The molecule has 0 aromatic carbocycles. The molecule has 0 heterocycles. The van der Waals surface area contributed by atoms with Crippen LogP contribution in [0.5, 0.6) is 0 Å². The van der Waals surface area contributed by atoms with Crippen molar-refractivity contribution in [3.05, 3.63) is 0 Å². The SMILES string of the molecule is NC1(C(F)C2CCCCCC2)CC1. The van der Waals surface area contributed by atoms with Gasteiger partial charge in [0.05, 0.1) is 0 Å². The highest BCUT2D eigenvalue weighted by atomic mass is 19.1. The van der Waals surface area contributed by atoms with E-state index in [1.54, 1.807) is 0 Å². The Morgan fingerprint density at radius 3 is 2.08 bits per heavy atom. The lowest BCUT2D eigenvalue weighted by molar-refractivity contribution is 0.164. The molecule has 0 aromatic heterocycles. The zero-order valence-electron chi connectivity index (χ0n) is 8.27. The van der Waals surface area contributed by atoms with Gasteiger partial charge < -0.3 is 5.73 Å². The molecule has 1 atom stereocenters. The fourth-order valence-corrected chi connectivity index (χ4v) is 2.49. The Bertz CT molecular complexity index is 169. The van der Waals surface area contributed by atoms with Crippen molar-refractivity contribution < 1.29 is 4.39 Å². The molecule has 2 rings (SSSR count). The van der Waals surface area contributed by atoms with Gasteiger partial charge >= 0.3 is 0 Å². The molecule has 0 amide bonds. The van der Waals surface area contributed by atoms with Gasteiger partial charge in [0.25, 0.3) is 0 Å². The summed E-state index contributed by atoms with van der Waals surface area (Å²) in [6.07, 6.45) is 8.24. The lowest BCUT2D eigenvalue weighted by Crippen LogP contribution is -2.39. The summed E-state index contributed by atoms with van der Waals surface area (Å²) in [6, 6.07) is 0. The van der Waals surface area contributed by atoms with Crippen LogP contribution in [-0.2, 0) is 0 Å².